The van der Waals surface area contributed by atoms with Crippen LogP contribution in [0.2, 0.25) is 0 Å². The van der Waals surface area contributed by atoms with Gasteiger partial charge < -0.3 is 0 Å². The minimum Gasteiger partial charge on any atom is -0.0807 e. The van der Waals surface area contributed by atoms with Crippen LogP contribution in [-0.4, -0.2) is 0 Å². The molecular formula is C10H16. The minimum absolute atomic E-state index is 0. The van der Waals surface area contributed by atoms with E-state index in [-0.39, 0.29) is 7.43 Å². The maximum Gasteiger partial charge on any atom is -0.0160 e. The van der Waals surface area contributed by atoms with Gasteiger partial charge in [-0.25, -0.2) is 0 Å². The molecule has 0 saturated heterocycles. The van der Waals surface area contributed by atoms with Crippen molar-refractivity contribution in [3.8, 4) is 0 Å². The van der Waals surface area contributed by atoms with E-state index in [4.69, 9.17) is 0 Å². The molecule has 0 aromatic heterocycles. The van der Waals surface area contributed by atoms with Crippen molar-refractivity contribution in [1.82, 2.24) is 0 Å². The predicted molar refractivity (Wildman–Crippen MR) is 48.0 cm³/mol. The summed E-state index contributed by atoms with van der Waals surface area (Å²) < 4.78 is 0. The third kappa shape index (κ3) is 2.67. The maximum atomic E-state index is 2.26. The molecule has 0 aromatic carbocycles. The molecule has 0 fully saturated rings. The standard InChI is InChI=1S/C9H12.CH4/c1-2-9-7-5-3-4-6-8-9;/h3-5,7-8H,2,6H2,1H3;1H4. The van der Waals surface area contributed by atoms with E-state index in [1.165, 1.54) is 5.57 Å². The Labute approximate surface area is 64.0 Å². The Kier molecular flexibility index (Phi) is 4.65. The Morgan fingerprint density at radius 1 is 1.40 bits per heavy atom. The van der Waals surface area contributed by atoms with Crippen LogP contribution < -0.4 is 0 Å². The highest BCUT2D eigenvalue weighted by Gasteiger charge is 1.86. The second-order valence-corrected chi connectivity index (χ2v) is 2.16. The summed E-state index contributed by atoms with van der Waals surface area (Å²) in [5.74, 6) is 0. The summed E-state index contributed by atoms with van der Waals surface area (Å²) in [4.78, 5) is 0. The van der Waals surface area contributed by atoms with Gasteiger partial charge in [-0.2, -0.15) is 0 Å². The van der Waals surface area contributed by atoms with Crippen molar-refractivity contribution in [2.45, 2.75) is 27.2 Å². The molecule has 0 radical (unpaired) electrons. The van der Waals surface area contributed by atoms with Crippen molar-refractivity contribution in [3.05, 3.63) is 36.0 Å². The summed E-state index contributed by atoms with van der Waals surface area (Å²) in [5, 5.41) is 0. The molecule has 1 aliphatic rings. The van der Waals surface area contributed by atoms with Crippen LogP contribution in [0.4, 0.5) is 0 Å². The zero-order chi connectivity index (χ0) is 6.53. The van der Waals surface area contributed by atoms with Crippen LogP contribution in [0.1, 0.15) is 27.2 Å². The molecule has 56 valence electrons. The van der Waals surface area contributed by atoms with Crippen molar-refractivity contribution in [3.63, 3.8) is 0 Å². The van der Waals surface area contributed by atoms with Crippen LogP contribution in [0, 0.1) is 0 Å². The van der Waals surface area contributed by atoms with Gasteiger partial charge in [0, 0.05) is 0 Å². The lowest BCUT2D eigenvalue weighted by Crippen LogP contribution is -1.70. The predicted octanol–water partition coefficient (Wildman–Crippen LogP) is 3.48. The molecule has 0 nitrogen and oxygen atoms in total. The fourth-order valence-corrected chi connectivity index (χ4v) is 0.886. The molecule has 0 N–H and O–H groups in total. The van der Waals surface area contributed by atoms with Gasteiger partial charge in [-0.1, -0.05) is 50.3 Å². The first-order valence-corrected chi connectivity index (χ1v) is 3.45. The fourth-order valence-electron chi connectivity index (χ4n) is 0.886. The number of rotatable bonds is 1. The third-order valence-electron chi connectivity index (χ3n) is 1.48. The first kappa shape index (κ1) is 9.22. The van der Waals surface area contributed by atoms with Gasteiger partial charge in [0.15, 0.2) is 0 Å². The molecule has 0 amide bonds. The average Bonchev–Trinajstić information content (AvgIpc) is 2.13. The van der Waals surface area contributed by atoms with Gasteiger partial charge >= 0.3 is 0 Å². The molecule has 10 heavy (non-hydrogen) atoms. The van der Waals surface area contributed by atoms with Crippen LogP contribution >= 0.6 is 0 Å². The van der Waals surface area contributed by atoms with E-state index >= 15 is 0 Å². The molecule has 0 heteroatoms. The minimum atomic E-state index is 0. The summed E-state index contributed by atoms with van der Waals surface area (Å²) in [6.07, 6.45) is 13.0. The Morgan fingerprint density at radius 2 is 2.20 bits per heavy atom. The van der Waals surface area contributed by atoms with E-state index in [9.17, 15) is 0 Å². The lowest BCUT2D eigenvalue weighted by molar-refractivity contribution is 1.13. The first-order chi connectivity index (χ1) is 4.43. The summed E-state index contributed by atoms with van der Waals surface area (Å²) in [6.45, 7) is 2.18. The highest BCUT2D eigenvalue weighted by molar-refractivity contribution is 5.25. The van der Waals surface area contributed by atoms with Crippen molar-refractivity contribution in [2.24, 2.45) is 0 Å². The molecule has 1 rings (SSSR count). The van der Waals surface area contributed by atoms with E-state index < -0.39 is 0 Å². The van der Waals surface area contributed by atoms with Gasteiger partial charge in [-0.3, -0.25) is 0 Å². The molecule has 0 saturated carbocycles. The van der Waals surface area contributed by atoms with E-state index in [0.717, 1.165) is 12.8 Å². The first-order valence-electron chi connectivity index (χ1n) is 3.45. The van der Waals surface area contributed by atoms with Gasteiger partial charge in [-0.15, -0.1) is 0 Å². The SMILES string of the molecule is C.CCC1=CCC=CC=C1. The van der Waals surface area contributed by atoms with E-state index in [1.54, 1.807) is 0 Å². The molecule has 0 atom stereocenters. The summed E-state index contributed by atoms with van der Waals surface area (Å²) >= 11 is 0. The smallest absolute Gasteiger partial charge is 0.0160 e. The lowest BCUT2D eigenvalue weighted by atomic mass is 10.2. The largest absolute Gasteiger partial charge is 0.0807 e. The fraction of sp³-hybridized carbons (Fsp3) is 0.400. The highest BCUT2D eigenvalue weighted by atomic mass is 13.9. The molecule has 0 spiro atoms. The molecule has 0 aromatic rings. The van der Waals surface area contributed by atoms with Crippen LogP contribution in [0.5, 0.6) is 0 Å². The topological polar surface area (TPSA) is 0 Å². The van der Waals surface area contributed by atoms with Crippen molar-refractivity contribution in [1.29, 1.82) is 0 Å². The average molecular weight is 136 g/mol. The van der Waals surface area contributed by atoms with Crippen molar-refractivity contribution in [2.75, 3.05) is 0 Å². The third-order valence-corrected chi connectivity index (χ3v) is 1.48. The van der Waals surface area contributed by atoms with Crippen LogP contribution in [0.25, 0.3) is 0 Å². The second-order valence-electron chi connectivity index (χ2n) is 2.16. The lowest BCUT2D eigenvalue weighted by Gasteiger charge is -1.90. The molecule has 0 bridgehead atoms. The molecular weight excluding hydrogens is 120 g/mol. The Balaban J connectivity index is 0.000000810. The second kappa shape index (κ2) is 5.04. The van der Waals surface area contributed by atoms with E-state index in [0.29, 0.717) is 0 Å². The van der Waals surface area contributed by atoms with Gasteiger partial charge in [0.1, 0.15) is 0 Å². The molecule has 1 aliphatic carbocycles. The molecule has 0 heterocycles. The van der Waals surface area contributed by atoms with Gasteiger partial charge in [-0.05, 0) is 12.8 Å². The van der Waals surface area contributed by atoms with Crippen molar-refractivity contribution >= 4 is 0 Å². The Hall–Kier alpha value is -0.780. The quantitative estimate of drug-likeness (QED) is 0.517. The number of allylic oxidation sites excluding steroid dienone is 6. The van der Waals surface area contributed by atoms with E-state index in [1.807, 2.05) is 0 Å². The van der Waals surface area contributed by atoms with E-state index in [2.05, 4.69) is 37.3 Å². The summed E-state index contributed by atoms with van der Waals surface area (Å²) in [6, 6.07) is 0. The number of hydrogen-bond acceptors (Lipinski definition) is 0. The summed E-state index contributed by atoms with van der Waals surface area (Å²) in [5.41, 5.74) is 1.44. The maximum absolute atomic E-state index is 2.26. The zero-order valence-electron chi connectivity index (χ0n) is 5.80. The number of hydrogen-bond donors (Lipinski definition) is 0. The highest BCUT2D eigenvalue weighted by Crippen LogP contribution is 2.07. The zero-order valence-corrected chi connectivity index (χ0v) is 5.80. The normalized spacial score (nSPS) is 15.5. The van der Waals surface area contributed by atoms with Gasteiger partial charge in [0.25, 0.3) is 0 Å². The summed E-state index contributed by atoms with van der Waals surface area (Å²) in [7, 11) is 0. The monoisotopic (exact) mass is 136 g/mol. The van der Waals surface area contributed by atoms with Gasteiger partial charge in [0.2, 0.25) is 0 Å². The van der Waals surface area contributed by atoms with Crippen LogP contribution in [0.15, 0.2) is 36.0 Å². The van der Waals surface area contributed by atoms with Crippen molar-refractivity contribution < 1.29 is 0 Å². The molecule has 0 aliphatic heterocycles. The Morgan fingerprint density at radius 3 is 2.90 bits per heavy atom. The van der Waals surface area contributed by atoms with Crippen LogP contribution in [-0.2, 0) is 0 Å². The van der Waals surface area contributed by atoms with Crippen LogP contribution in [0.3, 0.4) is 0 Å². The van der Waals surface area contributed by atoms with Gasteiger partial charge in [0.05, 0.1) is 0 Å². The Bertz CT molecular complexity index is 159. The molecule has 0 unspecified atom stereocenters.